The first-order chi connectivity index (χ1) is 13.3. The molecule has 136 valence electrons. The normalized spacial score (nSPS) is 13.7. The smallest absolute Gasteiger partial charge is 0.256 e. The molecule has 0 N–H and O–H groups in total. The summed E-state index contributed by atoms with van der Waals surface area (Å²) in [6.07, 6.45) is 2.90. The van der Waals surface area contributed by atoms with E-state index in [1.807, 2.05) is 31.2 Å². The third-order valence-electron chi connectivity index (χ3n) is 4.48. The maximum Gasteiger partial charge on any atom is 0.256 e. The van der Waals surface area contributed by atoms with Crippen molar-refractivity contribution in [2.24, 2.45) is 0 Å². The quantitative estimate of drug-likeness (QED) is 0.533. The van der Waals surface area contributed by atoms with E-state index in [2.05, 4.69) is 30.3 Å². The summed E-state index contributed by atoms with van der Waals surface area (Å²) in [5.41, 5.74) is 2.97. The number of rotatable bonds is 5. The van der Waals surface area contributed by atoms with Crippen LogP contribution in [0, 0.1) is 6.92 Å². The van der Waals surface area contributed by atoms with Gasteiger partial charge in [0.05, 0.1) is 5.69 Å². The predicted octanol–water partition coefficient (Wildman–Crippen LogP) is 2.27. The van der Waals surface area contributed by atoms with Crippen molar-refractivity contribution in [1.82, 2.24) is 30.0 Å². The van der Waals surface area contributed by atoms with Crippen LogP contribution in [0.25, 0.3) is 17.2 Å². The minimum Gasteiger partial charge on any atom is -0.469 e. The predicted molar refractivity (Wildman–Crippen MR) is 96.4 cm³/mol. The molecule has 1 aliphatic rings. The van der Waals surface area contributed by atoms with Crippen molar-refractivity contribution in [3.8, 4) is 17.4 Å². The molecule has 0 saturated carbocycles. The van der Waals surface area contributed by atoms with E-state index in [4.69, 9.17) is 9.26 Å². The van der Waals surface area contributed by atoms with E-state index in [0.717, 1.165) is 30.9 Å². The first kappa shape index (κ1) is 15.7. The number of fused-ring (bicyclic) bond motifs is 1. The minimum atomic E-state index is 0.334. The van der Waals surface area contributed by atoms with Crippen LogP contribution in [0.15, 0.2) is 41.1 Å². The molecule has 9 heteroatoms. The van der Waals surface area contributed by atoms with Crippen molar-refractivity contribution in [2.75, 3.05) is 18.0 Å². The maximum absolute atomic E-state index is 6.02. The molecule has 9 nitrogen and oxygen atoms in total. The van der Waals surface area contributed by atoms with Crippen LogP contribution in [0.3, 0.4) is 0 Å². The second-order valence-corrected chi connectivity index (χ2v) is 6.40. The van der Waals surface area contributed by atoms with E-state index in [1.54, 1.807) is 16.8 Å². The van der Waals surface area contributed by atoms with Crippen molar-refractivity contribution >= 4 is 11.3 Å². The lowest BCUT2D eigenvalue weighted by Crippen LogP contribution is -2.37. The van der Waals surface area contributed by atoms with Crippen LogP contribution in [-0.4, -0.2) is 43.0 Å². The lowest BCUT2D eigenvalue weighted by atomic mass is 10.2. The molecule has 0 radical (unpaired) electrons. The lowest BCUT2D eigenvalue weighted by molar-refractivity contribution is 0.284. The van der Waals surface area contributed by atoms with Crippen LogP contribution in [0.1, 0.15) is 17.9 Å². The van der Waals surface area contributed by atoms with Gasteiger partial charge in [-0.1, -0.05) is 11.2 Å². The monoisotopic (exact) mass is 363 g/mol. The Morgan fingerprint density at radius 1 is 1.19 bits per heavy atom. The molecule has 4 aromatic heterocycles. The zero-order valence-corrected chi connectivity index (χ0v) is 14.7. The van der Waals surface area contributed by atoms with Gasteiger partial charge in [0, 0.05) is 31.4 Å². The summed E-state index contributed by atoms with van der Waals surface area (Å²) in [5, 5.41) is 17.1. The Morgan fingerprint density at radius 3 is 2.81 bits per heavy atom. The van der Waals surface area contributed by atoms with Crippen LogP contribution >= 0.6 is 0 Å². The second kappa shape index (κ2) is 6.35. The van der Waals surface area contributed by atoms with Gasteiger partial charge in [0.2, 0.25) is 5.82 Å². The fourth-order valence-electron chi connectivity index (χ4n) is 2.95. The molecule has 0 spiro atoms. The second-order valence-electron chi connectivity index (χ2n) is 6.40. The molecule has 4 aromatic rings. The molecule has 0 unspecified atom stereocenters. The van der Waals surface area contributed by atoms with Crippen LogP contribution in [0.5, 0.6) is 5.88 Å². The number of ether oxygens (including phenoxy) is 1. The molecule has 0 atom stereocenters. The van der Waals surface area contributed by atoms with E-state index in [0.29, 0.717) is 35.4 Å². The molecule has 0 aliphatic carbocycles. The maximum atomic E-state index is 6.02. The van der Waals surface area contributed by atoms with Crippen LogP contribution in [-0.2, 0) is 6.61 Å². The van der Waals surface area contributed by atoms with E-state index in [1.165, 1.54) is 0 Å². The number of anilines is 1. The molecule has 0 aromatic carbocycles. The van der Waals surface area contributed by atoms with Gasteiger partial charge in [0.25, 0.3) is 5.88 Å². The van der Waals surface area contributed by atoms with Gasteiger partial charge in [-0.3, -0.25) is 4.98 Å². The SMILES string of the molecule is Cc1cc(-c2nnc3cc(N4CCC4)c(OCc4ccccn4)nn23)no1. The van der Waals surface area contributed by atoms with Crippen LogP contribution in [0.2, 0.25) is 0 Å². The topological polar surface area (TPSA) is 94.5 Å². The standard InChI is InChI=1S/C18H17N7O2/c1-12-9-14(23-27-12)17-21-20-16-10-15(24-7-4-8-24)18(22-25(16)17)26-11-13-5-2-3-6-19-13/h2-3,5-6,9-10H,4,7-8,11H2,1H3. The highest BCUT2D eigenvalue weighted by molar-refractivity contribution is 5.65. The highest BCUT2D eigenvalue weighted by atomic mass is 16.5. The fraction of sp³-hybridized carbons (Fsp3) is 0.278. The minimum absolute atomic E-state index is 0.334. The van der Waals surface area contributed by atoms with Crippen molar-refractivity contribution in [1.29, 1.82) is 0 Å². The van der Waals surface area contributed by atoms with Gasteiger partial charge in [0.15, 0.2) is 11.3 Å². The van der Waals surface area contributed by atoms with Crippen LogP contribution < -0.4 is 9.64 Å². The average molecular weight is 363 g/mol. The van der Waals surface area contributed by atoms with Gasteiger partial charge < -0.3 is 14.2 Å². The fourth-order valence-corrected chi connectivity index (χ4v) is 2.95. The Hall–Kier alpha value is -3.49. The molecule has 1 saturated heterocycles. The van der Waals surface area contributed by atoms with E-state index in [9.17, 15) is 0 Å². The van der Waals surface area contributed by atoms with Gasteiger partial charge in [0.1, 0.15) is 18.1 Å². The average Bonchev–Trinajstić information content (AvgIpc) is 3.25. The summed E-state index contributed by atoms with van der Waals surface area (Å²) in [5.74, 6) is 1.74. The molecular weight excluding hydrogens is 346 g/mol. The van der Waals surface area contributed by atoms with Crippen molar-refractivity contribution < 1.29 is 9.26 Å². The first-order valence-electron chi connectivity index (χ1n) is 8.76. The van der Waals surface area contributed by atoms with Crippen molar-refractivity contribution in [3.05, 3.63) is 48.0 Å². The Bertz CT molecular complexity index is 1090. The molecule has 27 heavy (non-hydrogen) atoms. The number of nitrogens with zero attached hydrogens (tertiary/aromatic N) is 7. The van der Waals surface area contributed by atoms with Gasteiger partial charge in [-0.15, -0.1) is 15.3 Å². The Morgan fingerprint density at radius 2 is 2.11 bits per heavy atom. The third kappa shape index (κ3) is 2.86. The number of aryl methyl sites for hydroxylation is 1. The van der Waals surface area contributed by atoms with Gasteiger partial charge in [-0.25, -0.2) is 0 Å². The van der Waals surface area contributed by atoms with Crippen molar-refractivity contribution in [3.63, 3.8) is 0 Å². The van der Waals surface area contributed by atoms with Crippen molar-refractivity contribution in [2.45, 2.75) is 20.0 Å². The molecule has 1 fully saturated rings. The van der Waals surface area contributed by atoms with E-state index >= 15 is 0 Å². The molecule has 0 bridgehead atoms. The highest BCUT2D eigenvalue weighted by Crippen LogP contribution is 2.32. The largest absolute Gasteiger partial charge is 0.469 e. The van der Waals surface area contributed by atoms with Crippen LogP contribution in [0.4, 0.5) is 5.69 Å². The third-order valence-corrected chi connectivity index (χ3v) is 4.48. The summed E-state index contributed by atoms with van der Waals surface area (Å²) in [4.78, 5) is 6.52. The Balaban J connectivity index is 1.55. The zero-order chi connectivity index (χ0) is 18.2. The zero-order valence-electron chi connectivity index (χ0n) is 14.7. The van der Waals surface area contributed by atoms with E-state index < -0.39 is 0 Å². The van der Waals surface area contributed by atoms with Gasteiger partial charge in [-0.05, 0) is 25.5 Å². The first-order valence-corrected chi connectivity index (χ1v) is 8.76. The Labute approximate surface area is 154 Å². The summed E-state index contributed by atoms with van der Waals surface area (Å²) >= 11 is 0. The number of hydrogen-bond donors (Lipinski definition) is 0. The molecule has 0 amide bonds. The summed E-state index contributed by atoms with van der Waals surface area (Å²) in [6.45, 7) is 4.11. The molecule has 5 rings (SSSR count). The lowest BCUT2D eigenvalue weighted by Gasteiger charge is -2.33. The summed E-state index contributed by atoms with van der Waals surface area (Å²) in [6, 6.07) is 9.48. The number of pyridine rings is 1. The van der Waals surface area contributed by atoms with E-state index in [-0.39, 0.29) is 0 Å². The van der Waals surface area contributed by atoms with Gasteiger partial charge >= 0.3 is 0 Å². The molecular formula is C18H17N7O2. The van der Waals surface area contributed by atoms with Gasteiger partial charge in [-0.2, -0.15) is 4.52 Å². The summed E-state index contributed by atoms with van der Waals surface area (Å²) in [7, 11) is 0. The Kier molecular flexibility index (Phi) is 3.70. The highest BCUT2D eigenvalue weighted by Gasteiger charge is 2.23. The number of aromatic nitrogens is 6. The molecule has 5 heterocycles. The molecule has 1 aliphatic heterocycles. The summed E-state index contributed by atoms with van der Waals surface area (Å²) < 4.78 is 12.8. The number of hydrogen-bond acceptors (Lipinski definition) is 8.